The van der Waals surface area contributed by atoms with Crippen LogP contribution in [0.2, 0.25) is 0 Å². The molecule has 0 spiro atoms. The van der Waals surface area contributed by atoms with Crippen molar-refractivity contribution in [1.82, 2.24) is 10.1 Å². The Morgan fingerprint density at radius 2 is 1.76 bits per heavy atom. The van der Waals surface area contributed by atoms with Gasteiger partial charge in [0.05, 0.1) is 19.2 Å². The molecular formula is C26H30FN3O3. The van der Waals surface area contributed by atoms with Crippen LogP contribution in [-0.4, -0.2) is 42.7 Å². The standard InChI is InChI=1S/C26H30FN3O3/c1-4-29(5-2)26-23(24(28-33-26)19-8-12-21(27)13-9-19)17-30(16-18-6-7-18)25(31)20-10-14-22(32-3)15-11-20/h8-15,18H,4-7,16-17H2,1-3H3. The first-order valence-corrected chi connectivity index (χ1v) is 11.5. The van der Waals surface area contributed by atoms with E-state index in [0.717, 1.165) is 37.1 Å². The molecule has 1 aliphatic carbocycles. The normalized spacial score (nSPS) is 13.1. The van der Waals surface area contributed by atoms with E-state index in [1.54, 1.807) is 43.5 Å². The van der Waals surface area contributed by atoms with Gasteiger partial charge in [0.1, 0.15) is 17.3 Å². The summed E-state index contributed by atoms with van der Waals surface area (Å²) in [6.07, 6.45) is 2.26. The third-order valence-corrected chi connectivity index (χ3v) is 6.08. The Bertz CT molecular complexity index is 1070. The van der Waals surface area contributed by atoms with Crippen LogP contribution in [-0.2, 0) is 6.54 Å². The van der Waals surface area contributed by atoms with Crippen molar-refractivity contribution in [3.05, 3.63) is 65.5 Å². The molecule has 0 unspecified atom stereocenters. The zero-order valence-corrected chi connectivity index (χ0v) is 19.4. The number of aromatic nitrogens is 1. The van der Waals surface area contributed by atoms with Crippen LogP contribution in [0.1, 0.15) is 42.6 Å². The minimum Gasteiger partial charge on any atom is -0.497 e. The van der Waals surface area contributed by atoms with Gasteiger partial charge in [0.15, 0.2) is 0 Å². The highest BCUT2D eigenvalue weighted by molar-refractivity contribution is 5.94. The fourth-order valence-electron chi connectivity index (χ4n) is 3.98. The monoisotopic (exact) mass is 451 g/mol. The molecule has 6 nitrogen and oxygen atoms in total. The molecule has 2 aromatic carbocycles. The Labute approximate surface area is 193 Å². The highest BCUT2D eigenvalue weighted by Gasteiger charge is 2.30. The second-order valence-electron chi connectivity index (χ2n) is 8.35. The van der Waals surface area contributed by atoms with Crippen molar-refractivity contribution in [2.24, 2.45) is 5.92 Å². The minimum atomic E-state index is -0.308. The molecule has 174 valence electrons. The van der Waals surface area contributed by atoms with Crippen molar-refractivity contribution in [3.63, 3.8) is 0 Å². The topological polar surface area (TPSA) is 58.8 Å². The highest BCUT2D eigenvalue weighted by atomic mass is 19.1. The second-order valence-corrected chi connectivity index (χ2v) is 8.35. The van der Waals surface area contributed by atoms with E-state index in [1.165, 1.54) is 12.1 Å². The van der Waals surface area contributed by atoms with Crippen LogP contribution in [0.15, 0.2) is 53.1 Å². The molecule has 1 aliphatic rings. The largest absolute Gasteiger partial charge is 0.497 e. The summed E-state index contributed by atoms with van der Waals surface area (Å²) in [4.78, 5) is 17.5. The van der Waals surface area contributed by atoms with Crippen LogP contribution in [0.25, 0.3) is 11.3 Å². The van der Waals surface area contributed by atoms with E-state index in [4.69, 9.17) is 9.26 Å². The summed E-state index contributed by atoms with van der Waals surface area (Å²) >= 11 is 0. The summed E-state index contributed by atoms with van der Waals surface area (Å²) in [5.41, 5.74) is 2.85. The average molecular weight is 452 g/mol. The van der Waals surface area contributed by atoms with Crippen molar-refractivity contribution >= 4 is 11.8 Å². The smallest absolute Gasteiger partial charge is 0.254 e. The molecule has 3 aromatic rings. The third kappa shape index (κ3) is 5.18. The van der Waals surface area contributed by atoms with Gasteiger partial charge < -0.3 is 19.1 Å². The molecule has 7 heteroatoms. The van der Waals surface area contributed by atoms with Crippen LogP contribution in [0.5, 0.6) is 5.75 Å². The van der Waals surface area contributed by atoms with Crippen LogP contribution >= 0.6 is 0 Å². The van der Waals surface area contributed by atoms with E-state index in [9.17, 15) is 9.18 Å². The lowest BCUT2D eigenvalue weighted by Gasteiger charge is -2.25. The Kier molecular flexibility index (Phi) is 6.96. The van der Waals surface area contributed by atoms with Gasteiger partial charge in [0.25, 0.3) is 5.91 Å². The number of methoxy groups -OCH3 is 1. The van der Waals surface area contributed by atoms with Gasteiger partial charge in [-0.2, -0.15) is 0 Å². The fraction of sp³-hybridized carbons (Fsp3) is 0.385. The minimum absolute atomic E-state index is 0.0405. The zero-order chi connectivity index (χ0) is 23.4. The number of carbonyl (C=O) groups excluding carboxylic acids is 1. The maximum Gasteiger partial charge on any atom is 0.254 e. The summed E-state index contributed by atoms with van der Waals surface area (Å²) in [5, 5.41) is 4.34. The lowest BCUT2D eigenvalue weighted by Crippen LogP contribution is -2.33. The molecule has 1 aromatic heterocycles. The molecule has 1 heterocycles. The summed E-state index contributed by atoms with van der Waals surface area (Å²) in [7, 11) is 1.61. The molecule has 0 atom stereocenters. The van der Waals surface area contributed by atoms with Gasteiger partial charge in [-0.3, -0.25) is 4.79 Å². The number of rotatable bonds is 10. The van der Waals surface area contributed by atoms with Gasteiger partial charge in [0, 0.05) is 30.8 Å². The number of nitrogens with zero attached hydrogens (tertiary/aromatic N) is 3. The number of hydrogen-bond acceptors (Lipinski definition) is 5. The number of hydrogen-bond donors (Lipinski definition) is 0. The first kappa shape index (κ1) is 22.8. The van der Waals surface area contributed by atoms with Gasteiger partial charge in [-0.05, 0) is 81.1 Å². The molecule has 0 radical (unpaired) electrons. The van der Waals surface area contributed by atoms with Crippen molar-refractivity contribution in [3.8, 4) is 17.0 Å². The van der Waals surface area contributed by atoms with Crippen molar-refractivity contribution in [2.75, 3.05) is 31.6 Å². The summed E-state index contributed by atoms with van der Waals surface area (Å²) in [6, 6.07) is 13.4. The quantitative estimate of drug-likeness (QED) is 0.414. The molecule has 1 saturated carbocycles. The Morgan fingerprint density at radius 3 is 2.33 bits per heavy atom. The molecule has 1 amide bonds. The fourth-order valence-corrected chi connectivity index (χ4v) is 3.98. The number of carbonyl (C=O) groups is 1. The van der Waals surface area contributed by atoms with Gasteiger partial charge in [0.2, 0.25) is 5.88 Å². The third-order valence-electron chi connectivity index (χ3n) is 6.08. The molecule has 0 saturated heterocycles. The Morgan fingerprint density at radius 1 is 1.09 bits per heavy atom. The van der Waals surface area contributed by atoms with Crippen molar-refractivity contribution in [1.29, 1.82) is 0 Å². The number of ether oxygens (including phenoxy) is 1. The van der Waals surface area contributed by atoms with Crippen LogP contribution in [0, 0.1) is 11.7 Å². The summed E-state index contributed by atoms with van der Waals surface area (Å²) in [6.45, 7) is 6.64. The first-order valence-electron chi connectivity index (χ1n) is 11.5. The lowest BCUT2D eigenvalue weighted by molar-refractivity contribution is 0.0735. The summed E-state index contributed by atoms with van der Waals surface area (Å²) < 4.78 is 24.6. The van der Waals surface area contributed by atoms with E-state index < -0.39 is 0 Å². The highest BCUT2D eigenvalue weighted by Crippen LogP contribution is 2.35. The van der Waals surface area contributed by atoms with E-state index in [1.807, 2.05) is 4.90 Å². The number of benzene rings is 2. The Balaban J connectivity index is 1.71. The zero-order valence-electron chi connectivity index (χ0n) is 19.4. The van der Waals surface area contributed by atoms with Gasteiger partial charge in [-0.25, -0.2) is 4.39 Å². The lowest BCUT2D eigenvalue weighted by atomic mass is 10.1. The van der Waals surface area contributed by atoms with Crippen molar-refractivity contribution in [2.45, 2.75) is 33.2 Å². The number of anilines is 1. The molecule has 1 fully saturated rings. The van der Waals surface area contributed by atoms with Gasteiger partial charge in [-0.1, -0.05) is 5.16 Å². The molecule has 33 heavy (non-hydrogen) atoms. The summed E-state index contributed by atoms with van der Waals surface area (Å²) in [5.74, 6) is 1.53. The molecule has 4 rings (SSSR count). The van der Waals surface area contributed by atoms with E-state index in [2.05, 4.69) is 23.9 Å². The predicted molar refractivity (Wildman–Crippen MR) is 126 cm³/mol. The van der Waals surface area contributed by atoms with Gasteiger partial charge >= 0.3 is 0 Å². The maximum absolute atomic E-state index is 13.5. The molecular weight excluding hydrogens is 421 g/mol. The Hall–Kier alpha value is -3.35. The molecule has 0 aliphatic heterocycles. The van der Waals surface area contributed by atoms with Crippen LogP contribution in [0.4, 0.5) is 10.3 Å². The van der Waals surface area contributed by atoms with E-state index >= 15 is 0 Å². The maximum atomic E-state index is 13.5. The predicted octanol–water partition coefficient (Wildman–Crippen LogP) is 5.39. The second kappa shape index (κ2) is 10.1. The SMILES string of the molecule is CCN(CC)c1onc(-c2ccc(F)cc2)c1CN(CC1CC1)C(=O)c1ccc(OC)cc1. The first-order chi connectivity index (χ1) is 16.0. The van der Waals surface area contributed by atoms with E-state index in [-0.39, 0.29) is 11.7 Å². The molecule has 0 N–H and O–H groups in total. The molecule has 0 bridgehead atoms. The van der Waals surface area contributed by atoms with Crippen LogP contribution < -0.4 is 9.64 Å². The van der Waals surface area contributed by atoms with Crippen molar-refractivity contribution < 1.29 is 18.4 Å². The van der Waals surface area contributed by atoms with E-state index in [0.29, 0.717) is 41.9 Å². The number of halogens is 1. The van der Waals surface area contributed by atoms with Crippen LogP contribution in [0.3, 0.4) is 0 Å². The van der Waals surface area contributed by atoms with Gasteiger partial charge in [-0.15, -0.1) is 0 Å². The average Bonchev–Trinajstić information content (AvgIpc) is 3.58. The number of amides is 1.